The first-order valence-electron chi connectivity index (χ1n) is 5.75. The van der Waals surface area contributed by atoms with Crippen molar-refractivity contribution in [3.63, 3.8) is 0 Å². The zero-order valence-electron chi connectivity index (χ0n) is 10.4. The quantitative estimate of drug-likeness (QED) is 0.898. The zero-order chi connectivity index (χ0) is 13.0. The summed E-state index contributed by atoms with van der Waals surface area (Å²) in [6, 6.07) is 8.10. The molecular weight excluding hydrogens is 231 g/mol. The first-order valence-corrected chi connectivity index (χ1v) is 5.75. The molecule has 0 saturated carbocycles. The topological polar surface area (TPSA) is 34.1 Å². The second kappa shape index (κ2) is 5.60. The Bertz CT molecular complexity index is 516. The van der Waals surface area contributed by atoms with Gasteiger partial charge < -0.3 is 10.1 Å². The third kappa shape index (κ3) is 2.84. The number of hydrogen-bond donors (Lipinski definition) is 1. The highest BCUT2D eigenvalue weighted by atomic mass is 19.1. The van der Waals surface area contributed by atoms with Crippen molar-refractivity contribution < 1.29 is 9.13 Å². The fourth-order valence-electron chi connectivity index (χ4n) is 1.64. The van der Waals surface area contributed by atoms with Gasteiger partial charge in [-0.3, -0.25) is 4.98 Å². The third-order valence-corrected chi connectivity index (χ3v) is 2.73. The third-order valence-electron chi connectivity index (χ3n) is 2.73. The molecule has 1 aromatic heterocycles. The second-order valence-electron chi connectivity index (χ2n) is 3.98. The zero-order valence-corrected chi connectivity index (χ0v) is 10.4. The summed E-state index contributed by atoms with van der Waals surface area (Å²) in [7, 11) is 1.82. The highest BCUT2D eigenvalue weighted by Gasteiger charge is 2.12. The number of halogens is 1. The van der Waals surface area contributed by atoms with Crippen LogP contribution in [0.4, 0.5) is 4.39 Å². The Morgan fingerprint density at radius 2 is 2.17 bits per heavy atom. The van der Waals surface area contributed by atoms with Gasteiger partial charge in [-0.15, -0.1) is 0 Å². The molecule has 3 nitrogen and oxygen atoms in total. The number of nitrogens with zero attached hydrogens (tertiary/aromatic N) is 1. The first kappa shape index (κ1) is 12.5. The molecule has 2 rings (SSSR count). The van der Waals surface area contributed by atoms with E-state index in [2.05, 4.69) is 10.3 Å². The van der Waals surface area contributed by atoms with Crippen LogP contribution in [0.25, 0.3) is 0 Å². The number of hydrogen-bond acceptors (Lipinski definition) is 3. The lowest BCUT2D eigenvalue weighted by Crippen LogP contribution is -2.13. The van der Waals surface area contributed by atoms with E-state index in [1.807, 2.05) is 20.0 Å². The van der Waals surface area contributed by atoms with Crippen LogP contribution >= 0.6 is 0 Å². The van der Waals surface area contributed by atoms with E-state index in [1.165, 1.54) is 12.1 Å². The standard InChI is InChI=1S/C14H15FN2O/c1-10(16-2)13-8-11(15)5-6-14(13)18-12-4-3-7-17-9-12/h3-10,16H,1-2H3. The predicted molar refractivity (Wildman–Crippen MR) is 68.2 cm³/mol. The molecule has 0 bridgehead atoms. The molecule has 2 aromatic rings. The van der Waals surface area contributed by atoms with Crippen molar-refractivity contribution in [1.29, 1.82) is 0 Å². The summed E-state index contributed by atoms with van der Waals surface area (Å²) in [6.45, 7) is 1.95. The molecule has 0 aliphatic heterocycles. The van der Waals surface area contributed by atoms with E-state index in [0.717, 1.165) is 5.56 Å². The van der Waals surface area contributed by atoms with Crippen LogP contribution < -0.4 is 10.1 Å². The highest BCUT2D eigenvalue weighted by molar-refractivity contribution is 5.39. The molecule has 0 radical (unpaired) electrons. The van der Waals surface area contributed by atoms with Crippen LogP contribution in [0.1, 0.15) is 18.5 Å². The molecule has 4 heteroatoms. The monoisotopic (exact) mass is 246 g/mol. The van der Waals surface area contributed by atoms with E-state index in [0.29, 0.717) is 11.5 Å². The molecule has 0 fully saturated rings. The van der Waals surface area contributed by atoms with Crippen LogP contribution in [-0.2, 0) is 0 Å². The summed E-state index contributed by atoms with van der Waals surface area (Å²) >= 11 is 0. The summed E-state index contributed by atoms with van der Waals surface area (Å²) < 4.78 is 19.0. The Kier molecular flexibility index (Phi) is 3.89. The lowest BCUT2D eigenvalue weighted by Gasteiger charge is -2.16. The van der Waals surface area contributed by atoms with Gasteiger partial charge in [0.2, 0.25) is 0 Å². The van der Waals surface area contributed by atoms with Gasteiger partial charge in [0.15, 0.2) is 0 Å². The smallest absolute Gasteiger partial charge is 0.145 e. The van der Waals surface area contributed by atoms with Crippen molar-refractivity contribution in [3.05, 3.63) is 54.1 Å². The van der Waals surface area contributed by atoms with E-state index in [1.54, 1.807) is 24.5 Å². The van der Waals surface area contributed by atoms with Gasteiger partial charge in [0.1, 0.15) is 17.3 Å². The lowest BCUT2D eigenvalue weighted by molar-refractivity contribution is 0.461. The van der Waals surface area contributed by atoms with E-state index >= 15 is 0 Å². The number of benzene rings is 1. The second-order valence-corrected chi connectivity index (χ2v) is 3.98. The van der Waals surface area contributed by atoms with Gasteiger partial charge in [0, 0.05) is 17.8 Å². The van der Waals surface area contributed by atoms with Crippen molar-refractivity contribution in [2.75, 3.05) is 7.05 Å². The minimum absolute atomic E-state index is 0.00683. The molecule has 1 heterocycles. The summed E-state index contributed by atoms with van der Waals surface area (Å²) in [4.78, 5) is 3.98. The summed E-state index contributed by atoms with van der Waals surface area (Å²) in [5.41, 5.74) is 0.779. The minimum atomic E-state index is -0.273. The van der Waals surface area contributed by atoms with Gasteiger partial charge in [0.05, 0.1) is 6.20 Å². The van der Waals surface area contributed by atoms with Gasteiger partial charge in [-0.05, 0) is 44.3 Å². The van der Waals surface area contributed by atoms with Crippen molar-refractivity contribution in [3.8, 4) is 11.5 Å². The lowest BCUT2D eigenvalue weighted by atomic mass is 10.1. The van der Waals surface area contributed by atoms with Crippen molar-refractivity contribution >= 4 is 0 Å². The van der Waals surface area contributed by atoms with Gasteiger partial charge >= 0.3 is 0 Å². The number of nitrogens with one attached hydrogen (secondary N) is 1. The Labute approximate surface area is 106 Å². The van der Waals surface area contributed by atoms with Gasteiger partial charge in [-0.2, -0.15) is 0 Å². The molecule has 94 valence electrons. The van der Waals surface area contributed by atoms with Gasteiger partial charge in [-0.1, -0.05) is 0 Å². The van der Waals surface area contributed by atoms with Crippen molar-refractivity contribution in [1.82, 2.24) is 10.3 Å². The number of rotatable bonds is 4. The molecule has 0 spiro atoms. The predicted octanol–water partition coefficient (Wildman–Crippen LogP) is 3.29. The van der Waals surface area contributed by atoms with Crippen molar-refractivity contribution in [2.45, 2.75) is 13.0 Å². The van der Waals surface area contributed by atoms with E-state index in [4.69, 9.17) is 4.74 Å². The summed E-state index contributed by atoms with van der Waals surface area (Å²) in [5.74, 6) is 0.991. The van der Waals surface area contributed by atoms with Crippen LogP contribution in [0.3, 0.4) is 0 Å². The van der Waals surface area contributed by atoms with Crippen LogP contribution in [0.2, 0.25) is 0 Å². The Morgan fingerprint density at radius 3 is 2.83 bits per heavy atom. The van der Waals surface area contributed by atoms with Gasteiger partial charge in [0.25, 0.3) is 0 Å². The molecule has 0 saturated heterocycles. The average Bonchev–Trinajstić information content (AvgIpc) is 2.41. The van der Waals surface area contributed by atoms with E-state index < -0.39 is 0 Å². The Morgan fingerprint density at radius 1 is 1.33 bits per heavy atom. The van der Waals surface area contributed by atoms with E-state index in [9.17, 15) is 4.39 Å². The van der Waals surface area contributed by atoms with Gasteiger partial charge in [-0.25, -0.2) is 4.39 Å². The Hall–Kier alpha value is -1.94. The van der Waals surface area contributed by atoms with Crippen LogP contribution in [0.15, 0.2) is 42.7 Å². The van der Waals surface area contributed by atoms with Crippen LogP contribution in [0.5, 0.6) is 11.5 Å². The largest absolute Gasteiger partial charge is 0.455 e. The maximum atomic E-state index is 13.3. The molecule has 18 heavy (non-hydrogen) atoms. The highest BCUT2D eigenvalue weighted by Crippen LogP contribution is 2.29. The van der Waals surface area contributed by atoms with Crippen LogP contribution in [-0.4, -0.2) is 12.0 Å². The molecule has 1 N–H and O–H groups in total. The maximum absolute atomic E-state index is 13.3. The first-order chi connectivity index (χ1) is 8.70. The Balaban J connectivity index is 2.32. The molecule has 0 aliphatic carbocycles. The minimum Gasteiger partial charge on any atom is -0.455 e. The number of pyridine rings is 1. The molecule has 0 amide bonds. The van der Waals surface area contributed by atoms with E-state index in [-0.39, 0.29) is 11.9 Å². The number of aromatic nitrogens is 1. The molecule has 1 aromatic carbocycles. The fraction of sp³-hybridized carbons (Fsp3) is 0.214. The molecule has 1 atom stereocenters. The number of ether oxygens (including phenoxy) is 1. The fourth-order valence-corrected chi connectivity index (χ4v) is 1.64. The molecule has 1 unspecified atom stereocenters. The van der Waals surface area contributed by atoms with Crippen LogP contribution in [0, 0.1) is 5.82 Å². The molecular formula is C14H15FN2O. The maximum Gasteiger partial charge on any atom is 0.145 e. The SMILES string of the molecule is CNC(C)c1cc(F)ccc1Oc1cccnc1. The molecule has 0 aliphatic rings. The average molecular weight is 246 g/mol. The van der Waals surface area contributed by atoms with Crippen molar-refractivity contribution in [2.24, 2.45) is 0 Å². The summed E-state index contributed by atoms with van der Waals surface area (Å²) in [5, 5.41) is 3.07. The normalized spacial score (nSPS) is 12.2. The summed E-state index contributed by atoms with van der Waals surface area (Å²) in [6.07, 6.45) is 3.30.